The minimum absolute atomic E-state index is 0.0681. The van der Waals surface area contributed by atoms with Crippen LogP contribution in [-0.2, 0) is 9.59 Å². The summed E-state index contributed by atoms with van der Waals surface area (Å²) in [4.78, 5) is 32.1. The number of hydrogen-bond acceptors (Lipinski definition) is 4. The van der Waals surface area contributed by atoms with E-state index in [2.05, 4.69) is 18.8 Å². The minimum Gasteiger partial charge on any atom is -0.507 e. The predicted molar refractivity (Wildman–Crippen MR) is 121 cm³/mol. The van der Waals surface area contributed by atoms with Crippen molar-refractivity contribution >= 4 is 23.3 Å². The van der Waals surface area contributed by atoms with Crippen LogP contribution in [-0.4, -0.2) is 21.8 Å². The average Bonchev–Trinajstić information content (AvgIpc) is 3.05. The Bertz CT molecular complexity index is 1160. The summed E-state index contributed by atoms with van der Waals surface area (Å²) in [5.41, 5.74) is 3.22. The van der Waals surface area contributed by atoms with Gasteiger partial charge in [0, 0.05) is 11.8 Å². The summed E-state index contributed by atoms with van der Waals surface area (Å²) in [5, 5.41) is 11.1. The Hall–Kier alpha value is -3.73. The lowest BCUT2D eigenvalue weighted by Gasteiger charge is -2.26. The van der Waals surface area contributed by atoms with Crippen LogP contribution in [0.2, 0.25) is 0 Å². The molecule has 1 N–H and O–H groups in total. The third-order valence-electron chi connectivity index (χ3n) is 5.62. The molecule has 1 amide bonds. The van der Waals surface area contributed by atoms with Crippen LogP contribution in [0, 0.1) is 6.92 Å². The molecule has 5 heteroatoms. The van der Waals surface area contributed by atoms with Gasteiger partial charge >= 0.3 is 5.91 Å². The summed E-state index contributed by atoms with van der Waals surface area (Å²) in [5.74, 6) is -0.841. The molecular weight excluding hydrogens is 388 g/mol. The molecule has 1 fully saturated rings. The van der Waals surface area contributed by atoms with E-state index in [9.17, 15) is 14.7 Å². The van der Waals surface area contributed by atoms with Crippen molar-refractivity contribution in [1.29, 1.82) is 0 Å². The summed E-state index contributed by atoms with van der Waals surface area (Å²) in [6, 6.07) is 19.5. The number of rotatable bonds is 4. The Labute approximate surface area is 181 Å². The monoisotopic (exact) mass is 412 g/mol. The van der Waals surface area contributed by atoms with E-state index in [4.69, 9.17) is 0 Å². The van der Waals surface area contributed by atoms with E-state index >= 15 is 0 Å². The lowest BCUT2D eigenvalue weighted by molar-refractivity contribution is -0.132. The van der Waals surface area contributed by atoms with Gasteiger partial charge in [-0.25, -0.2) is 4.98 Å². The van der Waals surface area contributed by atoms with E-state index in [1.54, 1.807) is 36.5 Å². The average molecular weight is 412 g/mol. The van der Waals surface area contributed by atoms with Gasteiger partial charge in [-0.05, 0) is 35.6 Å². The highest BCUT2D eigenvalue weighted by atomic mass is 16.3. The molecule has 0 radical (unpaired) electrons. The second kappa shape index (κ2) is 8.19. The van der Waals surface area contributed by atoms with Gasteiger partial charge in [0.15, 0.2) is 0 Å². The number of nitrogens with zero attached hydrogens (tertiary/aromatic N) is 2. The van der Waals surface area contributed by atoms with Crippen LogP contribution in [0.1, 0.15) is 48.1 Å². The topological polar surface area (TPSA) is 70.5 Å². The number of Topliss-reactive ketones (excluding diaryl/α,β-unsaturated/α-hetero) is 1. The highest BCUT2D eigenvalue weighted by Crippen LogP contribution is 2.42. The number of pyridine rings is 1. The molecule has 1 atom stereocenters. The highest BCUT2D eigenvalue weighted by Gasteiger charge is 2.47. The van der Waals surface area contributed by atoms with Crippen molar-refractivity contribution in [3.8, 4) is 0 Å². The fraction of sp³-hybridized carbons (Fsp3) is 0.192. The maximum atomic E-state index is 13.2. The number of aromatic nitrogens is 1. The zero-order valence-corrected chi connectivity index (χ0v) is 17.7. The maximum Gasteiger partial charge on any atom is 0.301 e. The van der Waals surface area contributed by atoms with Gasteiger partial charge in [0.05, 0.1) is 11.6 Å². The van der Waals surface area contributed by atoms with E-state index in [0.717, 1.165) is 16.7 Å². The number of benzene rings is 2. The molecule has 1 saturated heterocycles. The Morgan fingerprint density at radius 3 is 2.26 bits per heavy atom. The standard InChI is InChI=1S/C26H24N2O3/c1-16(2)18-11-13-19(14-12-18)22-21(23(29)20-9-5-4-6-10-20)24(30)26(31)28(22)25-17(3)8-7-15-27-25/h4-16,22,29H,1-3H3/t22-/m1/s1. The minimum atomic E-state index is -0.769. The Balaban J connectivity index is 1.94. The molecule has 2 aromatic carbocycles. The van der Waals surface area contributed by atoms with Gasteiger partial charge in [-0.3, -0.25) is 14.5 Å². The SMILES string of the molecule is Cc1cccnc1N1C(=O)C(=O)C(=C(O)c2ccccc2)[C@H]1c1ccc(C(C)C)cc1. The number of ketones is 1. The van der Waals surface area contributed by atoms with Crippen molar-refractivity contribution in [3.05, 3.63) is 101 Å². The lowest BCUT2D eigenvalue weighted by atomic mass is 9.93. The zero-order chi connectivity index (χ0) is 22.1. The molecular formula is C26H24N2O3. The van der Waals surface area contributed by atoms with Crippen LogP contribution in [0.25, 0.3) is 5.76 Å². The number of anilines is 1. The number of carbonyl (C=O) groups excluding carboxylic acids is 2. The third-order valence-corrected chi connectivity index (χ3v) is 5.62. The van der Waals surface area contributed by atoms with Crippen molar-refractivity contribution in [2.75, 3.05) is 4.90 Å². The zero-order valence-electron chi connectivity index (χ0n) is 17.7. The van der Waals surface area contributed by atoms with E-state index in [1.807, 2.05) is 43.3 Å². The summed E-state index contributed by atoms with van der Waals surface area (Å²) in [6.07, 6.45) is 1.60. The second-order valence-corrected chi connectivity index (χ2v) is 8.00. The molecule has 1 aliphatic heterocycles. The van der Waals surface area contributed by atoms with Crippen LogP contribution in [0.4, 0.5) is 5.82 Å². The van der Waals surface area contributed by atoms with Gasteiger partial charge in [0.2, 0.25) is 0 Å². The summed E-state index contributed by atoms with van der Waals surface area (Å²) in [7, 11) is 0. The summed E-state index contributed by atoms with van der Waals surface area (Å²) >= 11 is 0. The Morgan fingerprint density at radius 2 is 1.65 bits per heavy atom. The summed E-state index contributed by atoms with van der Waals surface area (Å²) in [6.45, 7) is 6.05. The molecule has 1 aliphatic rings. The molecule has 1 aromatic heterocycles. The second-order valence-electron chi connectivity index (χ2n) is 8.00. The Kier molecular flexibility index (Phi) is 5.42. The molecule has 5 nitrogen and oxygen atoms in total. The molecule has 0 spiro atoms. The maximum absolute atomic E-state index is 13.2. The number of hydrogen-bond donors (Lipinski definition) is 1. The van der Waals surface area contributed by atoms with Crippen molar-refractivity contribution in [3.63, 3.8) is 0 Å². The van der Waals surface area contributed by atoms with Gasteiger partial charge in [-0.15, -0.1) is 0 Å². The van der Waals surface area contributed by atoms with Crippen molar-refractivity contribution in [2.24, 2.45) is 0 Å². The van der Waals surface area contributed by atoms with Crippen molar-refractivity contribution in [1.82, 2.24) is 4.98 Å². The molecule has 3 aromatic rings. The molecule has 0 aliphatic carbocycles. The van der Waals surface area contributed by atoms with Crippen LogP contribution >= 0.6 is 0 Å². The first kappa shape index (κ1) is 20.5. The first-order chi connectivity index (χ1) is 14.9. The van der Waals surface area contributed by atoms with E-state index in [-0.39, 0.29) is 11.3 Å². The molecule has 31 heavy (non-hydrogen) atoms. The first-order valence-corrected chi connectivity index (χ1v) is 10.3. The lowest BCUT2D eigenvalue weighted by Crippen LogP contribution is -2.30. The van der Waals surface area contributed by atoms with Gasteiger partial charge in [-0.1, -0.05) is 74.5 Å². The van der Waals surface area contributed by atoms with Crippen LogP contribution in [0.3, 0.4) is 0 Å². The van der Waals surface area contributed by atoms with Crippen LogP contribution in [0.5, 0.6) is 0 Å². The quantitative estimate of drug-likeness (QED) is 0.366. The van der Waals surface area contributed by atoms with Gasteiger partial charge < -0.3 is 5.11 Å². The highest BCUT2D eigenvalue weighted by molar-refractivity contribution is 6.51. The Morgan fingerprint density at radius 1 is 0.968 bits per heavy atom. The number of aliphatic hydroxyl groups is 1. The fourth-order valence-electron chi connectivity index (χ4n) is 3.91. The molecule has 156 valence electrons. The van der Waals surface area contributed by atoms with Crippen LogP contribution < -0.4 is 4.90 Å². The molecule has 4 rings (SSSR count). The molecule has 0 saturated carbocycles. The molecule has 0 bridgehead atoms. The van der Waals surface area contributed by atoms with Gasteiger partial charge in [0.25, 0.3) is 5.78 Å². The predicted octanol–water partition coefficient (Wildman–Crippen LogP) is 5.14. The normalized spacial score (nSPS) is 18.1. The first-order valence-electron chi connectivity index (χ1n) is 10.3. The smallest absolute Gasteiger partial charge is 0.301 e. The van der Waals surface area contributed by atoms with Gasteiger partial charge in [-0.2, -0.15) is 0 Å². The van der Waals surface area contributed by atoms with E-state index in [0.29, 0.717) is 17.3 Å². The molecule has 0 unspecified atom stereocenters. The van der Waals surface area contributed by atoms with Crippen LogP contribution in [0.15, 0.2) is 78.5 Å². The largest absolute Gasteiger partial charge is 0.507 e. The van der Waals surface area contributed by atoms with E-state index < -0.39 is 17.7 Å². The fourth-order valence-corrected chi connectivity index (χ4v) is 3.91. The summed E-state index contributed by atoms with van der Waals surface area (Å²) < 4.78 is 0. The number of amides is 1. The number of aliphatic hydroxyl groups excluding tert-OH is 1. The van der Waals surface area contributed by atoms with Crippen molar-refractivity contribution < 1.29 is 14.7 Å². The third kappa shape index (κ3) is 3.63. The van der Waals surface area contributed by atoms with Gasteiger partial charge in [0.1, 0.15) is 11.6 Å². The number of aryl methyl sites for hydroxylation is 1. The van der Waals surface area contributed by atoms with E-state index in [1.165, 1.54) is 4.90 Å². The number of carbonyl (C=O) groups is 2. The molecule has 2 heterocycles. The van der Waals surface area contributed by atoms with Crippen molar-refractivity contribution in [2.45, 2.75) is 32.7 Å².